The molecule has 2 unspecified atom stereocenters. The number of hydrogen-bond acceptors (Lipinski definition) is 7. The molecule has 8 rings (SSSR count). The van der Waals surface area contributed by atoms with E-state index in [4.69, 9.17) is 4.42 Å². The number of aliphatic hydroxyl groups excluding tert-OH is 2. The van der Waals surface area contributed by atoms with Gasteiger partial charge in [0.25, 0.3) is 0 Å². The highest BCUT2D eigenvalue weighted by atomic mass is 127. The molecule has 0 aliphatic carbocycles. The maximum absolute atomic E-state index is 12.5. The van der Waals surface area contributed by atoms with E-state index in [-0.39, 0.29) is 26.2 Å². The first-order valence-electron chi connectivity index (χ1n) is 18.3. The Morgan fingerprint density at radius 1 is 0.579 bits per heavy atom. The van der Waals surface area contributed by atoms with Crippen molar-refractivity contribution in [3.05, 3.63) is 149 Å². The average molecular weight is 919 g/mol. The summed E-state index contributed by atoms with van der Waals surface area (Å²) in [7, 11) is -7.04. The predicted molar refractivity (Wildman–Crippen MR) is 236 cm³/mol. The monoisotopic (exact) mass is 918 g/mol. The van der Waals surface area contributed by atoms with Gasteiger partial charge in [0.1, 0.15) is 5.76 Å². The molecule has 0 aliphatic heterocycles. The molecule has 3 aromatic heterocycles. The van der Waals surface area contributed by atoms with Gasteiger partial charge >= 0.3 is 0 Å². The zero-order valence-corrected chi connectivity index (χ0v) is 35.2. The van der Waals surface area contributed by atoms with Gasteiger partial charge in [-0.15, -0.1) is 0 Å². The van der Waals surface area contributed by atoms with Crippen LogP contribution in [-0.4, -0.2) is 78.3 Å². The van der Waals surface area contributed by atoms with E-state index in [0.717, 1.165) is 53.4 Å². The summed E-state index contributed by atoms with van der Waals surface area (Å²) in [4.78, 5) is 0. The van der Waals surface area contributed by atoms with Crippen molar-refractivity contribution in [3.63, 3.8) is 0 Å². The topological polar surface area (TPSA) is 138 Å². The molecule has 11 nitrogen and oxygen atoms in total. The summed E-state index contributed by atoms with van der Waals surface area (Å²) in [6.07, 6.45) is 2.07. The number of fused-ring (bicyclic) bond motifs is 6. The Morgan fingerprint density at radius 2 is 1.00 bits per heavy atom. The number of furan rings is 1. The van der Waals surface area contributed by atoms with Crippen molar-refractivity contribution >= 4 is 91.9 Å². The summed E-state index contributed by atoms with van der Waals surface area (Å²) in [6, 6.07) is 42.9. The number of hydrogen-bond donors (Lipinski definition) is 2. The van der Waals surface area contributed by atoms with Gasteiger partial charge in [-0.3, -0.25) is 4.31 Å². The van der Waals surface area contributed by atoms with Crippen LogP contribution in [0.15, 0.2) is 144 Å². The first-order chi connectivity index (χ1) is 27.3. The maximum atomic E-state index is 12.5. The SMILES string of the molecule is CS(=O)(=O)N(CC(O)Cn1c2ccccc2c2ccccc21)c1ccccc1I.CS(=O)(=O)N(Cc1ccco1)CC(O)Cn1c2ccccc2c2ccccc21. The van der Waals surface area contributed by atoms with E-state index < -0.39 is 32.3 Å². The molecule has 0 radical (unpaired) electrons. The van der Waals surface area contributed by atoms with Gasteiger partial charge in [-0.1, -0.05) is 84.9 Å². The minimum Gasteiger partial charge on any atom is -0.468 e. The van der Waals surface area contributed by atoms with Crippen molar-refractivity contribution in [1.29, 1.82) is 0 Å². The lowest BCUT2D eigenvalue weighted by atomic mass is 10.2. The van der Waals surface area contributed by atoms with Gasteiger partial charge in [-0.2, -0.15) is 4.31 Å². The van der Waals surface area contributed by atoms with Crippen LogP contribution in [0.3, 0.4) is 0 Å². The van der Waals surface area contributed by atoms with Crippen molar-refractivity contribution < 1.29 is 31.5 Å². The molecule has 57 heavy (non-hydrogen) atoms. The molecule has 0 saturated carbocycles. The summed E-state index contributed by atoms with van der Waals surface area (Å²) >= 11 is 2.11. The lowest BCUT2D eigenvalue weighted by Gasteiger charge is -2.26. The summed E-state index contributed by atoms with van der Waals surface area (Å²) in [5.41, 5.74) is 4.65. The van der Waals surface area contributed by atoms with Crippen LogP contribution in [0.4, 0.5) is 5.69 Å². The van der Waals surface area contributed by atoms with Crippen LogP contribution in [0.25, 0.3) is 43.6 Å². The number of aromatic nitrogens is 2. The van der Waals surface area contributed by atoms with Crippen molar-refractivity contribution in [1.82, 2.24) is 13.4 Å². The molecule has 0 spiro atoms. The van der Waals surface area contributed by atoms with Gasteiger partial charge in [0.15, 0.2) is 0 Å². The second-order valence-corrected chi connectivity index (χ2v) is 19.0. The van der Waals surface area contributed by atoms with Gasteiger partial charge in [0.2, 0.25) is 20.0 Å². The second kappa shape index (κ2) is 17.0. The van der Waals surface area contributed by atoms with Crippen LogP contribution in [0, 0.1) is 3.57 Å². The highest BCUT2D eigenvalue weighted by molar-refractivity contribution is 14.1. The third kappa shape index (κ3) is 9.06. The van der Waals surface area contributed by atoms with Crippen LogP contribution in [0.2, 0.25) is 0 Å². The van der Waals surface area contributed by atoms with Gasteiger partial charge in [0.05, 0.1) is 62.8 Å². The minimum absolute atomic E-state index is 0.0135. The Labute approximate surface area is 345 Å². The predicted octanol–water partition coefficient (Wildman–Crippen LogP) is 7.44. The van der Waals surface area contributed by atoms with Crippen LogP contribution < -0.4 is 4.31 Å². The maximum Gasteiger partial charge on any atom is 0.232 e. The van der Waals surface area contributed by atoms with E-state index in [9.17, 15) is 27.0 Å². The molecular formula is C43H43IN4O7S2. The molecular weight excluding hydrogens is 876 g/mol. The van der Waals surface area contributed by atoms with Crippen molar-refractivity contribution in [2.75, 3.05) is 29.9 Å². The fraction of sp³-hybridized carbons (Fsp3) is 0.209. The smallest absolute Gasteiger partial charge is 0.232 e. The highest BCUT2D eigenvalue weighted by Gasteiger charge is 2.25. The van der Waals surface area contributed by atoms with Gasteiger partial charge in [-0.05, 0) is 71.1 Å². The number of halogens is 1. The molecule has 0 aliphatic rings. The Balaban J connectivity index is 0.000000174. The van der Waals surface area contributed by atoms with Crippen LogP contribution in [-0.2, 0) is 39.7 Å². The molecule has 0 bridgehead atoms. The first kappa shape index (κ1) is 40.5. The molecule has 14 heteroatoms. The first-order valence-corrected chi connectivity index (χ1v) is 23.0. The average Bonchev–Trinajstić information content (AvgIpc) is 3.90. The van der Waals surface area contributed by atoms with E-state index in [2.05, 4.69) is 51.4 Å². The normalized spacial score (nSPS) is 13.3. The Bertz CT molecular complexity index is 2770. The molecule has 296 valence electrons. The summed E-state index contributed by atoms with van der Waals surface area (Å²) in [5.74, 6) is 0.537. The van der Waals surface area contributed by atoms with Crippen LogP contribution in [0.5, 0.6) is 0 Å². The number of rotatable bonds is 13. The standard InChI is InChI=1S/C22H21IN2O3S.C21H22N2O4S/c1-29(27,28)25(22-13-7-4-10-19(22)23)15-16(26)14-24-20-11-5-2-8-17(20)18-9-3-6-12-21(18)24;1-28(25,26)22(15-17-7-6-12-27-17)13-16(24)14-23-20-10-4-2-8-18(20)19-9-3-5-11-21(19)23/h2-13,16,26H,14-15H2,1H3;2-12,16,24H,13-15H2,1H3. The molecule has 5 aromatic carbocycles. The van der Waals surface area contributed by atoms with Gasteiger partial charge in [-0.25, -0.2) is 16.8 Å². The van der Waals surface area contributed by atoms with Gasteiger partial charge in [0, 0.05) is 53.7 Å². The van der Waals surface area contributed by atoms with Crippen LogP contribution in [0.1, 0.15) is 5.76 Å². The molecule has 3 heterocycles. The molecule has 8 aromatic rings. The lowest BCUT2D eigenvalue weighted by molar-refractivity contribution is 0.127. The Hall–Kier alpha value is -4.71. The number of nitrogens with zero attached hydrogens (tertiary/aromatic N) is 4. The fourth-order valence-electron chi connectivity index (χ4n) is 7.32. The largest absolute Gasteiger partial charge is 0.468 e. The molecule has 0 saturated heterocycles. The van der Waals surface area contributed by atoms with Crippen molar-refractivity contribution in [3.8, 4) is 0 Å². The van der Waals surface area contributed by atoms with E-state index in [1.54, 1.807) is 24.3 Å². The quantitative estimate of drug-likeness (QED) is 0.115. The second-order valence-electron chi connectivity index (χ2n) is 14.0. The summed E-state index contributed by atoms with van der Waals surface area (Å²) in [6.45, 7) is 0.651. The van der Waals surface area contributed by atoms with E-state index >= 15 is 0 Å². The number of para-hydroxylation sites is 5. The zero-order chi connectivity index (χ0) is 40.3. The molecule has 0 fully saturated rings. The summed E-state index contributed by atoms with van der Waals surface area (Å²) in [5, 5.41) is 26.1. The number of sulfonamides is 2. The van der Waals surface area contributed by atoms with Gasteiger partial charge < -0.3 is 23.8 Å². The number of anilines is 1. The van der Waals surface area contributed by atoms with E-state index in [1.807, 2.05) is 89.5 Å². The minimum atomic E-state index is -3.54. The zero-order valence-electron chi connectivity index (χ0n) is 31.4. The molecule has 0 amide bonds. The molecule has 2 atom stereocenters. The van der Waals surface area contributed by atoms with E-state index in [0.29, 0.717) is 18.0 Å². The third-order valence-corrected chi connectivity index (χ3v) is 13.1. The lowest BCUT2D eigenvalue weighted by Crippen LogP contribution is -2.39. The number of aliphatic hydroxyl groups is 2. The van der Waals surface area contributed by atoms with Crippen LogP contribution >= 0.6 is 22.6 Å². The fourth-order valence-corrected chi connectivity index (χ4v) is 9.93. The Kier molecular flexibility index (Phi) is 12.1. The Morgan fingerprint density at radius 3 is 1.40 bits per heavy atom. The summed E-state index contributed by atoms with van der Waals surface area (Å²) < 4.78 is 62.0. The molecule has 2 N–H and O–H groups in total. The highest BCUT2D eigenvalue weighted by Crippen LogP contribution is 2.31. The number of benzene rings is 5. The van der Waals surface area contributed by atoms with Crippen molar-refractivity contribution in [2.24, 2.45) is 0 Å². The third-order valence-electron chi connectivity index (χ3n) is 9.84. The van der Waals surface area contributed by atoms with Crippen molar-refractivity contribution in [2.45, 2.75) is 31.8 Å². The van der Waals surface area contributed by atoms with E-state index in [1.165, 1.54) is 21.1 Å².